The molecule has 0 aliphatic rings. The third kappa shape index (κ3) is 4.57. The van der Waals surface area contributed by atoms with Gasteiger partial charge in [-0.25, -0.2) is 17.2 Å². The average Bonchev–Trinajstić information content (AvgIpc) is 3.10. The number of unbranched alkanes of at least 4 members (excludes halogenated alkanes) is 1. The Bertz CT molecular complexity index is 1170. The van der Waals surface area contributed by atoms with E-state index in [-0.39, 0.29) is 4.90 Å². The second-order valence-corrected chi connectivity index (χ2v) is 8.73. The van der Waals surface area contributed by atoms with Crippen LogP contribution in [-0.2, 0) is 21.2 Å². The van der Waals surface area contributed by atoms with Gasteiger partial charge in [-0.05, 0) is 61.7 Å². The van der Waals surface area contributed by atoms with Gasteiger partial charge in [0.25, 0.3) is 10.0 Å². The van der Waals surface area contributed by atoms with Gasteiger partial charge in [-0.2, -0.15) is 0 Å². The van der Waals surface area contributed by atoms with Gasteiger partial charge in [0.2, 0.25) is 0 Å². The molecule has 7 heteroatoms. The van der Waals surface area contributed by atoms with Crippen molar-refractivity contribution in [1.29, 1.82) is 0 Å². The molecule has 3 rings (SSSR count). The molecule has 158 valence electrons. The molecule has 0 bridgehead atoms. The molecule has 0 atom stereocenters. The quantitative estimate of drug-likeness (QED) is 0.500. The number of benzene rings is 2. The van der Waals surface area contributed by atoms with Crippen molar-refractivity contribution in [3.05, 3.63) is 65.9 Å². The molecule has 0 saturated heterocycles. The van der Waals surface area contributed by atoms with E-state index in [0.717, 1.165) is 30.9 Å². The highest BCUT2D eigenvalue weighted by atomic mass is 32.2. The molecular formula is C23H25NO5S. The van der Waals surface area contributed by atoms with E-state index in [1.165, 1.54) is 16.2 Å². The Kier molecular flexibility index (Phi) is 6.62. The van der Waals surface area contributed by atoms with Crippen molar-refractivity contribution in [2.24, 2.45) is 0 Å². The van der Waals surface area contributed by atoms with Gasteiger partial charge in [0, 0.05) is 23.2 Å². The summed E-state index contributed by atoms with van der Waals surface area (Å²) in [5.74, 6) is -0.521. The standard InChI is InChI=1S/C23H25NO5S/c1-3-5-6-17-7-11-20(12-8-17)30(27,28)24-16-18(9-14-23(25)26)21-15-19(29-4-2)10-13-22(21)24/h7-16H,3-6H2,1-2H3,(H,25,26)/b14-9+. The lowest BCUT2D eigenvalue weighted by atomic mass is 10.1. The minimum Gasteiger partial charge on any atom is -0.494 e. The first kappa shape index (κ1) is 21.6. The summed E-state index contributed by atoms with van der Waals surface area (Å²) in [5, 5.41) is 9.58. The Hall–Kier alpha value is -3.06. The summed E-state index contributed by atoms with van der Waals surface area (Å²) in [5.41, 5.74) is 2.04. The van der Waals surface area contributed by atoms with Crippen molar-refractivity contribution in [1.82, 2.24) is 3.97 Å². The number of aryl methyl sites for hydroxylation is 1. The van der Waals surface area contributed by atoms with Gasteiger partial charge >= 0.3 is 5.97 Å². The molecule has 0 aliphatic heterocycles. The first-order chi connectivity index (χ1) is 14.4. The van der Waals surface area contributed by atoms with E-state index in [1.807, 2.05) is 19.1 Å². The average molecular weight is 428 g/mol. The normalized spacial score (nSPS) is 11.9. The van der Waals surface area contributed by atoms with Crippen LogP contribution in [0.3, 0.4) is 0 Å². The van der Waals surface area contributed by atoms with Gasteiger partial charge in [0.05, 0.1) is 17.0 Å². The van der Waals surface area contributed by atoms with Crippen molar-refractivity contribution in [3.63, 3.8) is 0 Å². The monoisotopic (exact) mass is 427 g/mol. The number of aromatic nitrogens is 1. The van der Waals surface area contributed by atoms with E-state index in [1.54, 1.807) is 30.3 Å². The Morgan fingerprint density at radius 1 is 1.13 bits per heavy atom. The largest absolute Gasteiger partial charge is 0.494 e. The van der Waals surface area contributed by atoms with Crippen LogP contribution in [0.5, 0.6) is 5.75 Å². The third-order valence-electron chi connectivity index (χ3n) is 4.79. The molecule has 2 aromatic carbocycles. The maximum Gasteiger partial charge on any atom is 0.328 e. The molecule has 6 nitrogen and oxygen atoms in total. The van der Waals surface area contributed by atoms with Crippen LogP contribution in [0.15, 0.2) is 59.6 Å². The van der Waals surface area contributed by atoms with Crippen LogP contribution in [0.4, 0.5) is 0 Å². The second-order valence-electron chi connectivity index (χ2n) is 6.92. The first-order valence-corrected chi connectivity index (χ1v) is 11.3. The molecule has 30 heavy (non-hydrogen) atoms. The molecule has 3 aromatic rings. The molecule has 0 aliphatic carbocycles. The van der Waals surface area contributed by atoms with E-state index >= 15 is 0 Å². The molecule has 0 amide bonds. The van der Waals surface area contributed by atoms with Crippen molar-refractivity contribution in [2.45, 2.75) is 38.0 Å². The Labute approximate surface area is 176 Å². The van der Waals surface area contributed by atoms with E-state index in [9.17, 15) is 13.2 Å². The molecule has 0 unspecified atom stereocenters. The van der Waals surface area contributed by atoms with E-state index < -0.39 is 16.0 Å². The maximum atomic E-state index is 13.3. The zero-order valence-electron chi connectivity index (χ0n) is 17.0. The highest BCUT2D eigenvalue weighted by Crippen LogP contribution is 2.30. The lowest BCUT2D eigenvalue weighted by Crippen LogP contribution is -2.11. The van der Waals surface area contributed by atoms with Gasteiger partial charge < -0.3 is 9.84 Å². The van der Waals surface area contributed by atoms with Crippen LogP contribution in [0.2, 0.25) is 0 Å². The number of fused-ring (bicyclic) bond motifs is 1. The van der Waals surface area contributed by atoms with Crippen LogP contribution >= 0.6 is 0 Å². The summed E-state index contributed by atoms with van der Waals surface area (Å²) >= 11 is 0. The summed E-state index contributed by atoms with van der Waals surface area (Å²) in [6.07, 6.45) is 6.86. The Balaban J connectivity index is 2.10. The lowest BCUT2D eigenvalue weighted by Gasteiger charge is -2.09. The van der Waals surface area contributed by atoms with Crippen LogP contribution in [0.1, 0.15) is 37.8 Å². The summed E-state index contributed by atoms with van der Waals surface area (Å²) in [7, 11) is -3.85. The maximum absolute atomic E-state index is 13.3. The minimum atomic E-state index is -3.85. The van der Waals surface area contributed by atoms with Gasteiger partial charge in [-0.3, -0.25) is 0 Å². The molecular weight excluding hydrogens is 402 g/mol. The van der Waals surface area contributed by atoms with Crippen LogP contribution in [-0.4, -0.2) is 30.1 Å². The van der Waals surface area contributed by atoms with Crippen molar-refractivity contribution in [2.75, 3.05) is 6.61 Å². The molecule has 0 radical (unpaired) electrons. The molecule has 0 spiro atoms. The smallest absolute Gasteiger partial charge is 0.328 e. The predicted molar refractivity (Wildman–Crippen MR) is 117 cm³/mol. The predicted octanol–water partition coefficient (Wildman–Crippen LogP) is 4.72. The Morgan fingerprint density at radius 2 is 1.87 bits per heavy atom. The number of carbonyl (C=O) groups is 1. The van der Waals surface area contributed by atoms with Gasteiger partial charge in [0.1, 0.15) is 5.75 Å². The van der Waals surface area contributed by atoms with Gasteiger partial charge in [-0.1, -0.05) is 25.5 Å². The lowest BCUT2D eigenvalue weighted by molar-refractivity contribution is -0.131. The molecule has 0 saturated carbocycles. The number of aliphatic carboxylic acids is 1. The summed E-state index contributed by atoms with van der Waals surface area (Å²) < 4.78 is 33.4. The fraction of sp³-hybridized carbons (Fsp3) is 0.261. The number of carboxylic acid groups (broad SMARTS) is 1. The fourth-order valence-electron chi connectivity index (χ4n) is 3.28. The van der Waals surface area contributed by atoms with E-state index in [2.05, 4.69) is 6.92 Å². The number of ether oxygens (including phenoxy) is 1. The van der Waals surface area contributed by atoms with Gasteiger partial charge in [0.15, 0.2) is 0 Å². The summed E-state index contributed by atoms with van der Waals surface area (Å²) in [6.45, 7) is 4.44. The van der Waals surface area contributed by atoms with Crippen LogP contribution in [0, 0.1) is 0 Å². The number of nitrogens with zero attached hydrogens (tertiary/aromatic N) is 1. The third-order valence-corrected chi connectivity index (χ3v) is 6.48. The first-order valence-electron chi connectivity index (χ1n) is 9.90. The van der Waals surface area contributed by atoms with E-state index in [4.69, 9.17) is 9.84 Å². The number of carboxylic acids is 1. The number of hydrogen-bond acceptors (Lipinski definition) is 4. The molecule has 1 aromatic heterocycles. The van der Waals surface area contributed by atoms with Gasteiger partial charge in [-0.15, -0.1) is 0 Å². The van der Waals surface area contributed by atoms with Crippen LogP contribution in [0.25, 0.3) is 17.0 Å². The SMILES string of the molecule is CCCCc1ccc(S(=O)(=O)n2cc(/C=C/C(=O)O)c3cc(OCC)ccc32)cc1. The molecule has 0 fully saturated rings. The minimum absolute atomic E-state index is 0.183. The number of rotatable bonds is 9. The highest BCUT2D eigenvalue weighted by Gasteiger charge is 2.21. The summed E-state index contributed by atoms with van der Waals surface area (Å²) in [4.78, 5) is 11.2. The molecule has 1 N–H and O–H groups in total. The summed E-state index contributed by atoms with van der Waals surface area (Å²) in [6, 6.07) is 12.0. The highest BCUT2D eigenvalue weighted by molar-refractivity contribution is 7.90. The second kappa shape index (κ2) is 9.17. The zero-order valence-corrected chi connectivity index (χ0v) is 17.9. The molecule has 1 heterocycles. The Morgan fingerprint density at radius 3 is 2.50 bits per heavy atom. The van der Waals surface area contributed by atoms with E-state index in [0.29, 0.717) is 28.8 Å². The number of hydrogen-bond donors (Lipinski definition) is 1. The zero-order chi connectivity index (χ0) is 21.7. The van der Waals surface area contributed by atoms with Crippen LogP contribution < -0.4 is 4.74 Å². The van der Waals surface area contributed by atoms with Crippen molar-refractivity contribution >= 4 is 33.0 Å². The topological polar surface area (TPSA) is 85.6 Å². The van der Waals surface area contributed by atoms with Crippen molar-refractivity contribution in [3.8, 4) is 5.75 Å². The van der Waals surface area contributed by atoms with Crippen molar-refractivity contribution < 1.29 is 23.1 Å². The fourth-order valence-corrected chi connectivity index (χ4v) is 4.65.